The molecular weight excluding hydrogens is 158 g/mol. The Balaban J connectivity index is 3.44. The number of hydrogen-bond donors (Lipinski definition) is 3. The zero-order chi connectivity index (χ0) is 9.56. The van der Waals surface area contributed by atoms with Gasteiger partial charge in [-0.3, -0.25) is 4.79 Å². The molecule has 0 spiro atoms. The minimum atomic E-state index is -0.754. The van der Waals surface area contributed by atoms with Crippen LogP contribution in [0.4, 0.5) is 0 Å². The summed E-state index contributed by atoms with van der Waals surface area (Å²) in [6, 6.07) is 0. The van der Waals surface area contributed by atoms with Gasteiger partial charge in [-0.05, 0) is 13.3 Å². The molecule has 0 aromatic carbocycles. The average molecular weight is 173 g/mol. The van der Waals surface area contributed by atoms with Crippen molar-refractivity contribution in [3.05, 3.63) is 12.2 Å². The fraction of sp³-hybridized carbons (Fsp3) is 0.625. The highest BCUT2D eigenvalue weighted by Crippen LogP contribution is 1.89. The van der Waals surface area contributed by atoms with Crippen LogP contribution in [0.2, 0.25) is 0 Å². The van der Waals surface area contributed by atoms with Crippen LogP contribution in [-0.2, 0) is 4.79 Å². The van der Waals surface area contributed by atoms with Crippen LogP contribution in [0, 0.1) is 0 Å². The van der Waals surface area contributed by atoms with Crippen LogP contribution in [0.15, 0.2) is 12.2 Å². The highest BCUT2D eigenvalue weighted by Gasteiger charge is 2.03. The molecule has 12 heavy (non-hydrogen) atoms. The van der Waals surface area contributed by atoms with Crippen LogP contribution in [0.3, 0.4) is 0 Å². The molecule has 70 valence electrons. The van der Waals surface area contributed by atoms with Gasteiger partial charge < -0.3 is 15.5 Å². The van der Waals surface area contributed by atoms with E-state index in [1.807, 2.05) is 0 Å². The molecule has 0 aliphatic rings. The summed E-state index contributed by atoms with van der Waals surface area (Å²) in [5.74, 6) is -0.222. The van der Waals surface area contributed by atoms with Crippen molar-refractivity contribution in [3.63, 3.8) is 0 Å². The minimum Gasteiger partial charge on any atom is -0.394 e. The maximum atomic E-state index is 10.9. The maximum absolute atomic E-state index is 10.9. The van der Waals surface area contributed by atoms with E-state index in [0.717, 1.165) is 0 Å². The van der Waals surface area contributed by atoms with Crippen molar-refractivity contribution in [3.8, 4) is 0 Å². The van der Waals surface area contributed by atoms with E-state index in [1.165, 1.54) is 0 Å². The molecule has 0 heterocycles. The van der Waals surface area contributed by atoms with E-state index in [9.17, 15) is 4.79 Å². The number of carbonyl (C=O) groups excluding carboxylic acids is 1. The van der Waals surface area contributed by atoms with Gasteiger partial charge in [0.15, 0.2) is 0 Å². The lowest BCUT2D eigenvalue weighted by molar-refractivity contribution is -0.117. The van der Waals surface area contributed by atoms with Gasteiger partial charge in [0.05, 0.1) is 12.7 Å². The molecule has 0 aromatic rings. The van der Waals surface area contributed by atoms with E-state index in [1.54, 1.807) is 6.92 Å². The zero-order valence-electron chi connectivity index (χ0n) is 7.21. The fourth-order valence-electron chi connectivity index (χ4n) is 0.594. The van der Waals surface area contributed by atoms with Crippen LogP contribution in [0.25, 0.3) is 0 Å². The summed E-state index contributed by atoms with van der Waals surface area (Å²) >= 11 is 0. The Labute approximate surface area is 71.9 Å². The fourth-order valence-corrected chi connectivity index (χ4v) is 0.594. The maximum Gasteiger partial charge on any atom is 0.246 e. The summed E-state index contributed by atoms with van der Waals surface area (Å²) in [6.07, 6.45) is -0.398. The second-order valence-electron chi connectivity index (χ2n) is 2.66. The van der Waals surface area contributed by atoms with Gasteiger partial charge >= 0.3 is 0 Å². The number of aliphatic hydroxyl groups excluding tert-OH is 2. The normalized spacial score (nSPS) is 12.2. The third-order valence-electron chi connectivity index (χ3n) is 1.36. The van der Waals surface area contributed by atoms with Crippen LogP contribution in [-0.4, -0.2) is 35.4 Å². The average Bonchev–Trinajstić information content (AvgIpc) is 2.03. The van der Waals surface area contributed by atoms with Crippen molar-refractivity contribution in [2.75, 3.05) is 13.2 Å². The molecule has 0 aromatic heterocycles. The van der Waals surface area contributed by atoms with Crippen molar-refractivity contribution >= 4 is 5.91 Å². The predicted octanol–water partition coefficient (Wildman–Crippen LogP) is -0.578. The Hall–Kier alpha value is -0.870. The first-order valence-corrected chi connectivity index (χ1v) is 3.80. The minimum absolute atomic E-state index is 0.222. The molecule has 0 saturated carbocycles. The Morgan fingerprint density at radius 1 is 1.67 bits per heavy atom. The van der Waals surface area contributed by atoms with Crippen molar-refractivity contribution < 1.29 is 15.0 Å². The molecule has 4 nitrogen and oxygen atoms in total. The topological polar surface area (TPSA) is 69.6 Å². The third kappa shape index (κ3) is 4.87. The van der Waals surface area contributed by atoms with Gasteiger partial charge in [-0.25, -0.2) is 0 Å². The van der Waals surface area contributed by atoms with Crippen LogP contribution in [0.1, 0.15) is 13.3 Å². The molecule has 1 atom stereocenters. The molecule has 0 saturated heterocycles. The van der Waals surface area contributed by atoms with Crippen LogP contribution < -0.4 is 5.32 Å². The van der Waals surface area contributed by atoms with Crippen LogP contribution in [0.5, 0.6) is 0 Å². The number of nitrogens with one attached hydrogen (secondary N) is 1. The van der Waals surface area contributed by atoms with Crippen molar-refractivity contribution in [1.29, 1.82) is 0 Å². The molecule has 1 unspecified atom stereocenters. The summed E-state index contributed by atoms with van der Waals surface area (Å²) in [4.78, 5) is 10.9. The number of aliphatic hydroxyl groups is 2. The summed E-state index contributed by atoms with van der Waals surface area (Å²) in [5, 5.41) is 19.9. The first-order chi connectivity index (χ1) is 5.57. The number of carbonyl (C=O) groups is 1. The third-order valence-corrected chi connectivity index (χ3v) is 1.36. The first kappa shape index (κ1) is 11.1. The number of amides is 1. The lowest BCUT2D eigenvalue weighted by Crippen LogP contribution is -2.28. The van der Waals surface area contributed by atoms with E-state index in [4.69, 9.17) is 10.2 Å². The van der Waals surface area contributed by atoms with Crippen LogP contribution >= 0.6 is 0 Å². The standard InChI is InChI=1S/C8H15NO3/c1-6(2)8(12)9-4-3-7(11)5-10/h7,10-11H,1,3-5H2,2H3,(H,9,12). The summed E-state index contributed by atoms with van der Waals surface area (Å²) in [7, 11) is 0. The molecule has 0 radical (unpaired) electrons. The summed E-state index contributed by atoms with van der Waals surface area (Å²) in [5.41, 5.74) is 0.438. The molecule has 1 amide bonds. The van der Waals surface area contributed by atoms with E-state index in [2.05, 4.69) is 11.9 Å². The second-order valence-corrected chi connectivity index (χ2v) is 2.66. The largest absolute Gasteiger partial charge is 0.394 e. The molecule has 0 fully saturated rings. The Morgan fingerprint density at radius 2 is 2.25 bits per heavy atom. The first-order valence-electron chi connectivity index (χ1n) is 3.80. The quantitative estimate of drug-likeness (QED) is 0.487. The van der Waals surface area contributed by atoms with Crippen molar-refractivity contribution in [2.24, 2.45) is 0 Å². The van der Waals surface area contributed by atoms with Gasteiger partial charge in [-0.2, -0.15) is 0 Å². The Morgan fingerprint density at radius 3 is 2.67 bits per heavy atom. The molecule has 4 heteroatoms. The Bertz CT molecular complexity index is 168. The number of rotatable bonds is 5. The van der Waals surface area contributed by atoms with E-state index in [0.29, 0.717) is 18.5 Å². The van der Waals surface area contributed by atoms with Gasteiger partial charge in [-0.1, -0.05) is 6.58 Å². The lowest BCUT2D eigenvalue weighted by atomic mass is 10.2. The molecule has 3 N–H and O–H groups in total. The Kier molecular flexibility index (Phi) is 5.32. The summed E-state index contributed by atoms with van der Waals surface area (Å²) < 4.78 is 0. The molecule has 0 rings (SSSR count). The summed E-state index contributed by atoms with van der Waals surface area (Å²) in [6.45, 7) is 5.14. The highest BCUT2D eigenvalue weighted by molar-refractivity contribution is 5.91. The van der Waals surface area contributed by atoms with E-state index < -0.39 is 6.10 Å². The second kappa shape index (κ2) is 5.74. The molecule has 0 aliphatic heterocycles. The SMILES string of the molecule is C=C(C)C(=O)NCCC(O)CO. The number of hydrogen-bond acceptors (Lipinski definition) is 3. The predicted molar refractivity (Wildman–Crippen MR) is 45.5 cm³/mol. The van der Waals surface area contributed by atoms with Crippen molar-refractivity contribution in [1.82, 2.24) is 5.32 Å². The van der Waals surface area contributed by atoms with E-state index in [-0.39, 0.29) is 12.5 Å². The molecular formula is C8H15NO3. The highest BCUT2D eigenvalue weighted by atomic mass is 16.3. The zero-order valence-corrected chi connectivity index (χ0v) is 7.21. The van der Waals surface area contributed by atoms with Gasteiger partial charge in [0.25, 0.3) is 0 Å². The molecule has 0 aliphatic carbocycles. The van der Waals surface area contributed by atoms with Gasteiger partial charge in [0.1, 0.15) is 0 Å². The van der Waals surface area contributed by atoms with E-state index >= 15 is 0 Å². The van der Waals surface area contributed by atoms with Gasteiger partial charge in [-0.15, -0.1) is 0 Å². The lowest BCUT2D eigenvalue weighted by Gasteiger charge is -2.07. The molecule has 0 bridgehead atoms. The van der Waals surface area contributed by atoms with Gasteiger partial charge in [0, 0.05) is 12.1 Å². The van der Waals surface area contributed by atoms with Gasteiger partial charge in [0.2, 0.25) is 5.91 Å². The smallest absolute Gasteiger partial charge is 0.246 e. The van der Waals surface area contributed by atoms with Crippen molar-refractivity contribution in [2.45, 2.75) is 19.4 Å². The monoisotopic (exact) mass is 173 g/mol.